The van der Waals surface area contributed by atoms with E-state index in [2.05, 4.69) is 9.98 Å². The summed E-state index contributed by atoms with van der Waals surface area (Å²) in [5.41, 5.74) is 0.428. The van der Waals surface area contributed by atoms with Crippen LogP contribution in [0.25, 0.3) is 0 Å². The van der Waals surface area contributed by atoms with Crippen molar-refractivity contribution in [1.82, 2.24) is 9.47 Å². The number of aromatic nitrogens is 1. The average Bonchev–Trinajstić information content (AvgIpc) is 3.12. The van der Waals surface area contributed by atoms with Crippen LogP contribution in [0.3, 0.4) is 0 Å². The van der Waals surface area contributed by atoms with Crippen LogP contribution in [-0.4, -0.2) is 81.2 Å². The summed E-state index contributed by atoms with van der Waals surface area (Å²) >= 11 is 0. The van der Waals surface area contributed by atoms with Gasteiger partial charge in [0.2, 0.25) is 0 Å². The summed E-state index contributed by atoms with van der Waals surface area (Å²) in [5.74, 6) is 0.226. The van der Waals surface area contributed by atoms with Crippen molar-refractivity contribution >= 4 is 18.5 Å². The first kappa shape index (κ1) is 18.2. The zero-order chi connectivity index (χ0) is 19.0. The van der Waals surface area contributed by atoms with Crippen molar-refractivity contribution in [2.75, 3.05) is 20.7 Å². The molecule has 3 heterocycles. The van der Waals surface area contributed by atoms with Gasteiger partial charge in [0.25, 0.3) is 12.0 Å². The van der Waals surface area contributed by atoms with E-state index in [0.717, 1.165) is 6.34 Å². The maximum Gasteiger partial charge on any atom is 0.330 e. The Morgan fingerprint density at radius 1 is 1.50 bits per heavy atom. The molecule has 1 saturated heterocycles. The Hall–Kier alpha value is -2.65. The van der Waals surface area contributed by atoms with Gasteiger partial charge < -0.3 is 25.0 Å². The van der Waals surface area contributed by atoms with Crippen molar-refractivity contribution in [1.29, 1.82) is 5.26 Å². The van der Waals surface area contributed by atoms with Gasteiger partial charge in [-0.2, -0.15) is 5.26 Å². The standard InChI is InChI=1S/C15H19N6O5/c1-19(2)6-17-14-10-8(3-16)4-20(13(10)18-7-21(14)25)15-12(24)11(23)9(5-22)26-15/h4,6-7,9,11-12,14-15,22-24H,5H2,1-2H3/q+1/b17-6+. The van der Waals surface area contributed by atoms with Crippen LogP contribution in [0.1, 0.15) is 23.5 Å². The van der Waals surface area contributed by atoms with E-state index in [1.807, 2.05) is 6.07 Å². The maximum atomic E-state index is 12.1. The number of aliphatic hydroxyl groups excluding tert-OH is 3. The molecule has 0 aromatic carbocycles. The minimum absolute atomic E-state index is 0.149. The second-order valence-electron chi connectivity index (χ2n) is 6.23. The third-order valence-electron chi connectivity index (χ3n) is 4.19. The molecule has 0 saturated carbocycles. The summed E-state index contributed by atoms with van der Waals surface area (Å²) in [6, 6.07) is 1.99. The molecule has 0 spiro atoms. The fourth-order valence-electron chi connectivity index (χ4n) is 2.95. The van der Waals surface area contributed by atoms with Gasteiger partial charge >= 0.3 is 6.34 Å². The van der Waals surface area contributed by atoms with Crippen molar-refractivity contribution in [2.24, 2.45) is 9.98 Å². The minimum atomic E-state index is -1.33. The molecule has 1 fully saturated rings. The van der Waals surface area contributed by atoms with Gasteiger partial charge in [-0.05, 0) is 4.99 Å². The molecule has 5 atom stereocenters. The molecule has 3 rings (SSSR count). The Kier molecular flexibility index (Phi) is 4.84. The Morgan fingerprint density at radius 2 is 2.23 bits per heavy atom. The first-order valence-corrected chi connectivity index (χ1v) is 7.85. The first-order valence-electron chi connectivity index (χ1n) is 7.85. The molecule has 1 aromatic heterocycles. The second-order valence-corrected chi connectivity index (χ2v) is 6.23. The molecule has 1 aromatic rings. The van der Waals surface area contributed by atoms with Gasteiger partial charge in [-0.15, -0.1) is 0 Å². The fourth-order valence-corrected chi connectivity index (χ4v) is 2.95. The van der Waals surface area contributed by atoms with Crippen molar-refractivity contribution < 1.29 is 24.8 Å². The van der Waals surface area contributed by atoms with E-state index >= 15 is 0 Å². The second kappa shape index (κ2) is 6.93. The van der Waals surface area contributed by atoms with Crippen LogP contribution in [0, 0.1) is 16.2 Å². The normalized spacial score (nSPS) is 30.6. The quantitative estimate of drug-likeness (QED) is 0.354. The summed E-state index contributed by atoms with van der Waals surface area (Å²) in [6.07, 6.45) is -1.81. The number of nitroso groups, excluding NO2 is 1. The molecule has 0 radical (unpaired) electrons. The highest BCUT2D eigenvalue weighted by molar-refractivity contribution is 5.65. The molecule has 11 nitrogen and oxygen atoms in total. The maximum absolute atomic E-state index is 12.1. The Labute approximate surface area is 148 Å². The van der Waals surface area contributed by atoms with E-state index in [-0.39, 0.29) is 16.9 Å². The molecule has 3 N–H and O–H groups in total. The van der Waals surface area contributed by atoms with Crippen LogP contribution >= 0.6 is 0 Å². The highest BCUT2D eigenvalue weighted by atomic mass is 16.6. The number of ether oxygens (including phenoxy) is 1. The van der Waals surface area contributed by atoms with Gasteiger partial charge in [0.15, 0.2) is 6.23 Å². The molecule has 138 valence electrons. The SMILES string of the molecule is CN(C)/C=N/C1c2c(C#N)cn(C3OC(CO)C(O)C3O)c2N=C[N+]1=O. The Bertz CT molecular complexity index is 810. The number of aliphatic hydroxyl groups is 3. The lowest BCUT2D eigenvalue weighted by Crippen LogP contribution is -2.33. The highest BCUT2D eigenvalue weighted by Gasteiger charge is 2.47. The number of nitrogens with zero attached hydrogens (tertiary/aromatic N) is 6. The molecule has 0 bridgehead atoms. The zero-order valence-corrected chi connectivity index (χ0v) is 14.2. The predicted octanol–water partition coefficient (Wildman–Crippen LogP) is -0.988. The lowest BCUT2D eigenvalue weighted by atomic mass is 10.1. The summed E-state index contributed by atoms with van der Waals surface area (Å²) < 4.78 is 7.39. The molecule has 26 heavy (non-hydrogen) atoms. The van der Waals surface area contributed by atoms with Crippen LogP contribution in [0.4, 0.5) is 5.82 Å². The smallest absolute Gasteiger partial charge is 0.330 e. The van der Waals surface area contributed by atoms with E-state index in [0.29, 0.717) is 4.76 Å². The number of aliphatic imine (C=N–C) groups is 2. The van der Waals surface area contributed by atoms with Crippen molar-refractivity contribution in [3.05, 3.63) is 22.2 Å². The lowest BCUT2D eigenvalue weighted by molar-refractivity contribution is -0.473. The minimum Gasteiger partial charge on any atom is -0.394 e. The van der Waals surface area contributed by atoms with E-state index in [4.69, 9.17) is 4.74 Å². The molecular weight excluding hydrogens is 344 g/mol. The molecule has 11 heteroatoms. The van der Waals surface area contributed by atoms with E-state index in [1.165, 1.54) is 17.1 Å². The molecular formula is C15H19N6O5+. The molecule has 0 aliphatic carbocycles. The summed E-state index contributed by atoms with van der Waals surface area (Å²) in [6.45, 7) is -0.476. The van der Waals surface area contributed by atoms with Crippen molar-refractivity contribution in [3.8, 4) is 6.07 Å². The number of hydrogen-bond donors (Lipinski definition) is 3. The largest absolute Gasteiger partial charge is 0.394 e. The highest BCUT2D eigenvalue weighted by Crippen LogP contribution is 2.41. The van der Waals surface area contributed by atoms with E-state index in [1.54, 1.807) is 19.0 Å². The van der Waals surface area contributed by atoms with Gasteiger partial charge in [0.1, 0.15) is 29.9 Å². The van der Waals surface area contributed by atoms with E-state index < -0.39 is 37.3 Å². The van der Waals surface area contributed by atoms with Crippen LogP contribution in [0.2, 0.25) is 0 Å². The molecule has 0 amide bonds. The third kappa shape index (κ3) is 2.89. The number of nitriles is 1. The monoisotopic (exact) mass is 363 g/mol. The fraction of sp³-hybridized carbons (Fsp3) is 0.533. The van der Waals surface area contributed by atoms with Gasteiger partial charge in [-0.3, -0.25) is 4.57 Å². The number of hydrogen-bond acceptors (Lipinski definition) is 8. The van der Waals surface area contributed by atoms with Crippen LogP contribution < -0.4 is 0 Å². The third-order valence-corrected chi connectivity index (χ3v) is 4.19. The average molecular weight is 363 g/mol. The Morgan fingerprint density at radius 3 is 2.81 bits per heavy atom. The van der Waals surface area contributed by atoms with Crippen LogP contribution in [0.15, 0.2) is 16.2 Å². The zero-order valence-electron chi connectivity index (χ0n) is 14.2. The van der Waals surface area contributed by atoms with Gasteiger partial charge in [0, 0.05) is 25.1 Å². The van der Waals surface area contributed by atoms with Crippen LogP contribution in [-0.2, 0) is 4.74 Å². The summed E-state index contributed by atoms with van der Waals surface area (Å²) in [5, 5.41) is 38.9. The summed E-state index contributed by atoms with van der Waals surface area (Å²) in [4.78, 5) is 22.0. The number of rotatable bonds is 4. The predicted molar refractivity (Wildman–Crippen MR) is 88.9 cm³/mol. The Balaban J connectivity index is 2.07. The molecule has 2 aliphatic rings. The number of fused-ring (bicyclic) bond motifs is 1. The topological polar surface area (TPSA) is 147 Å². The molecule has 5 unspecified atom stereocenters. The van der Waals surface area contributed by atoms with Crippen molar-refractivity contribution in [2.45, 2.75) is 30.7 Å². The van der Waals surface area contributed by atoms with E-state index in [9.17, 15) is 25.5 Å². The van der Waals surface area contributed by atoms with Gasteiger partial charge in [-0.1, -0.05) is 4.91 Å². The van der Waals surface area contributed by atoms with Crippen LogP contribution in [0.5, 0.6) is 0 Å². The van der Waals surface area contributed by atoms with Gasteiger partial charge in [-0.25, -0.2) is 4.99 Å². The van der Waals surface area contributed by atoms with Crippen molar-refractivity contribution in [3.63, 3.8) is 0 Å². The lowest BCUT2D eigenvalue weighted by Gasteiger charge is -2.17. The first-order chi connectivity index (χ1) is 12.4. The van der Waals surface area contributed by atoms with Gasteiger partial charge in [0.05, 0.1) is 18.5 Å². The summed E-state index contributed by atoms with van der Waals surface area (Å²) in [7, 11) is 3.48. The molecule has 2 aliphatic heterocycles.